The number of benzene rings is 1. The van der Waals surface area contributed by atoms with Gasteiger partial charge < -0.3 is 10.8 Å². The largest absolute Gasteiger partial charge is 0.384 e. The van der Waals surface area contributed by atoms with Crippen LogP contribution in [0.5, 0.6) is 0 Å². The van der Waals surface area contributed by atoms with Crippen LogP contribution in [0.4, 0.5) is 0 Å². The van der Waals surface area contributed by atoms with E-state index in [9.17, 15) is 5.11 Å². The third-order valence-corrected chi connectivity index (χ3v) is 2.51. The number of aromatic nitrogens is 2. The minimum absolute atomic E-state index is 0.122. The fourth-order valence-electron chi connectivity index (χ4n) is 1.60. The predicted molar refractivity (Wildman–Crippen MR) is 66.2 cm³/mol. The first kappa shape index (κ1) is 11.7. The summed E-state index contributed by atoms with van der Waals surface area (Å²) in [6.45, 7) is 2.15. The Morgan fingerprint density at radius 1 is 1.35 bits per heavy atom. The molecule has 0 aliphatic rings. The Balaban J connectivity index is 2.39. The number of aliphatic hydroxyl groups excluding tert-OH is 1. The van der Waals surface area contributed by atoms with E-state index in [2.05, 4.69) is 9.97 Å². The van der Waals surface area contributed by atoms with Crippen LogP contribution in [0.3, 0.4) is 0 Å². The lowest BCUT2D eigenvalue weighted by atomic mass is 10.1. The summed E-state index contributed by atoms with van der Waals surface area (Å²) < 4.78 is 0. The molecule has 0 amide bonds. The highest BCUT2D eigenvalue weighted by molar-refractivity contribution is 5.59. The van der Waals surface area contributed by atoms with Crippen LogP contribution >= 0.6 is 0 Å². The molecule has 0 aliphatic carbocycles. The number of hydrogen-bond acceptors (Lipinski definition) is 4. The van der Waals surface area contributed by atoms with Crippen molar-refractivity contribution in [3.05, 3.63) is 47.9 Å². The van der Waals surface area contributed by atoms with Crippen LogP contribution in [0.2, 0.25) is 0 Å². The van der Waals surface area contributed by atoms with Crippen LogP contribution in [0, 0.1) is 6.92 Å². The van der Waals surface area contributed by atoms with Crippen molar-refractivity contribution < 1.29 is 5.11 Å². The zero-order valence-electron chi connectivity index (χ0n) is 9.67. The first-order valence-electron chi connectivity index (χ1n) is 5.49. The Bertz CT molecular complexity index is 514. The van der Waals surface area contributed by atoms with E-state index in [1.165, 1.54) is 5.56 Å². The molecular weight excluding hydrogens is 214 g/mol. The van der Waals surface area contributed by atoms with Crippen molar-refractivity contribution in [2.75, 3.05) is 6.54 Å². The number of nitrogens with two attached hydrogens (primary N) is 1. The summed E-state index contributed by atoms with van der Waals surface area (Å²) in [6, 6.07) is 9.85. The molecular formula is C13H15N3O. The molecule has 0 bridgehead atoms. The molecule has 0 fully saturated rings. The maximum Gasteiger partial charge on any atom is 0.158 e. The van der Waals surface area contributed by atoms with Crippen molar-refractivity contribution in [1.82, 2.24) is 9.97 Å². The number of aliphatic hydroxyl groups is 1. The fourth-order valence-corrected chi connectivity index (χ4v) is 1.60. The van der Waals surface area contributed by atoms with Gasteiger partial charge in [0.2, 0.25) is 0 Å². The molecule has 2 rings (SSSR count). The smallest absolute Gasteiger partial charge is 0.158 e. The summed E-state index contributed by atoms with van der Waals surface area (Å²) in [6.07, 6.45) is 0.832. The average molecular weight is 229 g/mol. The van der Waals surface area contributed by atoms with E-state index in [1.807, 2.05) is 37.3 Å². The van der Waals surface area contributed by atoms with Gasteiger partial charge in [0.1, 0.15) is 6.10 Å². The van der Waals surface area contributed by atoms with Crippen molar-refractivity contribution in [3.8, 4) is 11.3 Å². The highest BCUT2D eigenvalue weighted by atomic mass is 16.3. The zero-order valence-corrected chi connectivity index (χ0v) is 9.67. The van der Waals surface area contributed by atoms with Crippen molar-refractivity contribution >= 4 is 0 Å². The molecule has 3 N–H and O–H groups in total. The molecule has 1 atom stereocenters. The Kier molecular flexibility index (Phi) is 3.46. The maximum atomic E-state index is 9.61. The van der Waals surface area contributed by atoms with E-state index in [4.69, 9.17) is 5.73 Å². The Morgan fingerprint density at radius 3 is 2.88 bits per heavy atom. The van der Waals surface area contributed by atoms with Crippen LogP contribution in [0.15, 0.2) is 36.5 Å². The Labute approximate surface area is 100 Å². The molecule has 1 aromatic carbocycles. The summed E-state index contributed by atoms with van der Waals surface area (Å²) in [5.74, 6) is 0.367. The molecule has 1 aromatic heterocycles. The molecule has 0 spiro atoms. The van der Waals surface area contributed by atoms with Gasteiger partial charge in [0, 0.05) is 18.3 Å². The maximum absolute atomic E-state index is 9.61. The summed E-state index contributed by atoms with van der Waals surface area (Å²) in [5, 5.41) is 9.61. The summed E-state index contributed by atoms with van der Waals surface area (Å²) >= 11 is 0. The number of aryl methyl sites for hydroxylation is 1. The van der Waals surface area contributed by atoms with Gasteiger partial charge in [0.25, 0.3) is 0 Å². The normalized spacial score (nSPS) is 12.4. The lowest BCUT2D eigenvalue weighted by Crippen LogP contribution is -2.14. The fraction of sp³-hybridized carbons (Fsp3) is 0.231. The molecule has 17 heavy (non-hydrogen) atoms. The quantitative estimate of drug-likeness (QED) is 0.835. The van der Waals surface area contributed by atoms with Gasteiger partial charge in [-0.2, -0.15) is 0 Å². The van der Waals surface area contributed by atoms with Gasteiger partial charge in [-0.1, -0.05) is 23.8 Å². The van der Waals surface area contributed by atoms with Crippen molar-refractivity contribution in [1.29, 1.82) is 0 Å². The van der Waals surface area contributed by atoms with Crippen molar-refractivity contribution in [3.63, 3.8) is 0 Å². The van der Waals surface area contributed by atoms with Gasteiger partial charge in [-0.05, 0) is 19.1 Å². The van der Waals surface area contributed by atoms with Crippen molar-refractivity contribution in [2.24, 2.45) is 5.73 Å². The lowest BCUT2D eigenvalue weighted by Gasteiger charge is -2.08. The molecule has 0 saturated carbocycles. The van der Waals surface area contributed by atoms with Gasteiger partial charge >= 0.3 is 0 Å². The van der Waals surface area contributed by atoms with Gasteiger partial charge in [0.15, 0.2) is 5.82 Å². The lowest BCUT2D eigenvalue weighted by molar-refractivity contribution is 0.176. The monoisotopic (exact) mass is 229 g/mol. The molecule has 2 aromatic rings. The van der Waals surface area contributed by atoms with E-state index in [0.717, 1.165) is 11.3 Å². The standard InChI is InChI=1S/C13H15N3O/c1-9-3-2-4-10(7-9)11-5-6-15-13(16-11)12(17)8-14/h2-7,12,17H,8,14H2,1H3. The van der Waals surface area contributed by atoms with E-state index < -0.39 is 6.10 Å². The second kappa shape index (κ2) is 5.03. The molecule has 4 nitrogen and oxygen atoms in total. The number of hydrogen-bond donors (Lipinski definition) is 2. The highest BCUT2D eigenvalue weighted by Crippen LogP contribution is 2.18. The predicted octanol–water partition coefficient (Wildman–Crippen LogP) is 1.44. The van der Waals surface area contributed by atoms with E-state index in [1.54, 1.807) is 6.20 Å². The second-order valence-electron chi connectivity index (χ2n) is 3.92. The molecule has 1 unspecified atom stereocenters. The minimum Gasteiger partial charge on any atom is -0.384 e. The van der Waals surface area contributed by atoms with Gasteiger partial charge in [0.05, 0.1) is 5.69 Å². The van der Waals surface area contributed by atoms with Crippen LogP contribution in [0.1, 0.15) is 17.5 Å². The SMILES string of the molecule is Cc1cccc(-c2ccnc(C(O)CN)n2)c1. The first-order valence-corrected chi connectivity index (χ1v) is 5.49. The van der Waals surface area contributed by atoms with Crippen LogP contribution in [-0.2, 0) is 0 Å². The molecule has 4 heteroatoms. The van der Waals surface area contributed by atoms with Crippen LogP contribution in [-0.4, -0.2) is 21.6 Å². The van der Waals surface area contributed by atoms with Crippen LogP contribution in [0.25, 0.3) is 11.3 Å². The Hall–Kier alpha value is -1.78. The second-order valence-corrected chi connectivity index (χ2v) is 3.92. The number of rotatable bonds is 3. The van der Waals surface area contributed by atoms with Crippen molar-refractivity contribution in [2.45, 2.75) is 13.0 Å². The van der Waals surface area contributed by atoms with Gasteiger partial charge in [-0.3, -0.25) is 0 Å². The molecule has 1 heterocycles. The first-order chi connectivity index (χ1) is 8.20. The molecule has 0 saturated heterocycles. The van der Waals surface area contributed by atoms with E-state index in [-0.39, 0.29) is 6.54 Å². The molecule has 0 radical (unpaired) electrons. The third-order valence-electron chi connectivity index (χ3n) is 2.51. The molecule has 0 aliphatic heterocycles. The van der Waals surface area contributed by atoms with E-state index >= 15 is 0 Å². The summed E-state index contributed by atoms with van der Waals surface area (Å²) in [5.41, 5.74) is 8.36. The van der Waals surface area contributed by atoms with Crippen LogP contribution < -0.4 is 5.73 Å². The zero-order chi connectivity index (χ0) is 12.3. The Morgan fingerprint density at radius 2 is 2.18 bits per heavy atom. The summed E-state index contributed by atoms with van der Waals surface area (Å²) in [7, 11) is 0. The summed E-state index contributed by atoms with van der Waals surface area (Å²) in [4.78, 5) is 8.33. The average Bonchev–Trinajstić information content (AvgIpc) is 2.38. The molecule has 88 valence electrons. The number of nitrogens with zero attached hydrogens (tertiary/aromatic N) is 2. The van der Waals surface area contributed by atoms with Gasteiger partial charge in [-0.15, -0.1) is 0 Å². The van der Waals surface area contributed by atoms with Gasteiger partial charge in [-0.25, -0.2) is 9.97 Å². The highest BCUT2D eigenvalue weighted by Gasteiger charge is 2.09. The topological polar surface area (TPSA) is 72.0 Å². The minimum atomic E-state index is -0.806. The third kappa shape index (κ3) is 2.67. The van der Waals surface area contributed by atoms with E-state index in [0.29, 0.717) is 5.82 Å².